The highest BCUT2D eigenvalue weighted by molar-refractivity contribution is 5.87. The van der Waals surface area contributed by atoms with Crippen LogP contribution >= 0.6 is 0 Å². The summed E-state index contributed by atoms with van der Waals surface area (Å²) in [6.07, 6.45) is 4.40. The average Bonchev–Trinajstić information content (AvgIpc) is 3.05. The van der Waals surface area contributed by atoms with Gasteiger partial charge in [0.05, 0.1) is 11.9 Å². The van der Waals surface area contributed by atoms with Crippen LogP contribution < -0.4 is 5.32 Å². The van der Waals surface area contributed by atoms with Gasteiger partial charge in [-0.1, -0.05) is 36.4 Å². The van der Waals surface area contributed by atoms with Crippen LogP contribution in [0.15, 0.2) is 48.7 Å². The molecule has 0 amide bonds. The van der Waals surface area contributed by atoms with Crippen molar-refractivity contribution in [3.8, 4) is 11.3 Å². The minimum absolute atomic E-state index is 0.617. The van der Waals surface area contributed by atoms with Crippen molar-refractivity contribution in [2.24, 2.45) is 0 Å². The van der Waals surface area contributed by atoms with Crippen molar-refractivity contribution >= 4 is 10.8 Å². The number of H-pyrrole nitrogens is 1. The summed E-state index contributed by atoms with van der Waals surface area (Å²) >= 11 is 0. The lowest BCUT2D eigenvalue weighted by Gasteiger charge is -2.22. The van der Waals surface area contributed by atoms with E-state index in [-0.39, 0.29) is 0 Å². The van der Waals surface area contributed by atoms with Crippen LogP contribution in [0.25, 0.3) is 22.0 Å². The number of nitrogens with one attached hydrogen (secondary N) is 2. The summed E-state index contributed by atoms with van der Waals surface area (Å²) < 4.78 is 0. The van der Waals surface area contributed by atoms with Gasteiger partial charge in [-0.15, -0.1) is 0 Å². The van der Waals surface area contributed by atoms with Crippen LogP contribution in [0.5, 0.6) is 0 Å². The smallest absolute Gasteiger partial charge is 0.0685 e. The first-order chi connectivity index (χ1) is 10.4. The number of aromatic nitrogens is 2. The molecule has 1 fully saturated rings. The first-order valence-corrected chi connectivity index (χ1v) is 7.65. The molecule has 0 spiro atoms. The molecule has 4 rings (SSSR count). The van der Waals surface area contributed by atoms with Crippen molar-refractivity contribution in [3.05, 3.63) is 54.2 Å². The van der Waals surface area contributed by atoms with E-state index in [9.17, 15) is 0 Å². The lowest BCUT2D eigenvalue weighted by Crippen LogP contribution is -2.26. The van der Waals surface area contributed by atoms with Gasteiger partial charge in [-0.3, -0.25) is 5.10 Å². The second-order valence-electron chi connectivity index (χ2n) is 5.79. The fourth-order valence-electron chi connectivity index (χ4n) is 3.31. The third-order valence-electron chi connectivity index (χ3n) is 4.49. The molecule has 106 valence electrons. The molecule has 3 nitrogen and oxygen atoms in total. The summed E-state index contributed by atoms with van der Waals surface area (Å²) in [5, 5.41) is 13.5. The number of rotatable bonds is 2. The van der Waals surface area contributed by atoms with E-state index in [1.165, 1.54) is 40.4 Å². The summed E-state index contributed by atoms with van der Waals surface area (Å²) in [4.78, 5) is 0. The summed E-state index contributed by atoms with van der Waals surface area (Å²) in [6, 6.07) is 15.1. The van der Waals surface area contributed by atoms with Crippen molar-refractivity contribution in [3.63, 3.8) is 0 Å². The highest BCUT2D eigenvalue weighted by Gasteiger charge is 2.20. The molecule has 2 N–H and O–H groups in total. The molecule has 2 heterocycles. The van der Waals surface area contributed by atoms with Crippen molar-refractivity contribution in [1.82, 2.24) is 15.5 Å². The zero-order valence-corrected chi connectivity index (χ0v) is 12.0. The minimum Gasteiger partial charge on any atom is -0.317 e. The summed E-state index contributed by atoms with van der Waals surface area (Å²) in [6.45, 7) is 2.21. The van der Waals surface area contributed by atoms with Crippen LogP contribution in [0.3, 0.4) is 0 Å². The van der Waals surface area contributed by atoms with Gasteiger partial charge in [-0.25, -0.2) is 0 Å². The summed E-state index contributed by atoms with van der Waals surface area (Å²) in [7, 11) is 0. The fourth-order valence-corrected chi connectivity index (χ4v) is 3.31. The van der Waals surface area contributed by atoms with Gasteiger partial charge in [0.2, 0.25) is 0 Å². The molecule has 3 heteroatoms. The Balaban J connectivity index is 1.76. The molecule has 0 atom stereocenters. The van der Waals surface area contributed by atoms with Crippen molar-refractivity contribution in [2.75, 3.05) is 13.1 Å². The lowest BCUT2D eigenvalue weighted by atomic mass is 9.88. The topological polar surface area (TPSA) is 40.7 Å². The zero-order valence-electron chi connectivity index (χ0n) is 12.0. The summed E-state index contributed by atoms with van der Waals surface area (Å²) in [5.41, 5.74) is 3.79. The molecule has 0 bridgehead atoms. The van der Waals surface area contributed by atoms with Gasteiger partial charge in [0.1, 0.15) is 0 Å². The number of hydrogen-bond donors (Lipinski definition) is 2. The maximum absolute atomic E-state index is 4.31. The third-order valence-corrected chi connectivity index (χ3v) is 4.49. The third kappa shape index (κ3) is 2.34. The van der Waals surface area contributed by atoms with E-state index < -0.39 is 0 Å². The predicted octanol–water partition coefficient (Wildman–Crippen LogP) is 3.70. The lowest BCUT2D eigenvalue weighted by molar-refractivity contribution is 0.461. The molecule has 3 aromatic rings. The Bertz CT molecular complexity index is 754. The van der Waals surface area contributed by atoms with Gasteiger partial charge >= 0.3 is 0 Å². The molecule has 0 radical (unpaired) electrons. The first kappa shape index (κ1) is 12.6. The highest BCUT2D eigenvalue weighted by atomic mass is 15.1. The first-order valence-electron chi connectivity index (χ1n) is 7.65. The van der Waals surface area contributed by atoms with Crippen LogP contribution in [0.4, 0.5) is 0 Å². The molecule has 1 saturated heterocycles. The fraction of sp³-hybridized carbons (Fsp3) is 0.278. The average molecular weight is 277 g/mol. The molecule has 1 aliphatic heterocycles. The largest absolute Gasteiger partial charge is 0.317 e. The molecular weight excluding hydrogens is 258 g/mol. The molecule has 0 saturated carbocycles. The van der Waals surface area contributed by atoms with Crippen molar-refractivity contribution in [2.45, 2.75) is 18.8 Å². The number of hydrogen-bond acceptors (Lipinski definition) is 2. The minimum atomic E-state index is 0.617. The van der Waals surface area contributed by atoms with Gasteiger partial charge in [0, 0.05) is 11.1 Å². The Labute approximate surface area is 124 Å². The van der Waals surface area contributed by atoms with Crippen molar-refractivity contribution < 1.29 is 0 Å². The quantitative estimate of drug-likeness (QED) is 0.750. The molecule has 0 aliphatic carbocycles. The standard InChI is InChI=1S/C18H19N3/c1-2-4-15-11-16(6-5-13(15)3-1)18-17(12-20-21-18)14-7-9-19-10-8-14/h1-6,11-12,14,19H,7-10H2,(H,20,21). The number of benzene rings is 2. The van der Waals surface area contributed by atoms with E-state index in [0.717, 1.165) is 13.1 Å². The van der Waals surface area contributed by atoms with E-state index in [0.29, 0.717) is 5.92 Å². The molecular formula is C18H19N3. The number of piperidine rings is 1. The number of aromatic amines is 1. The second-order valence-corrected chi connectivity index (χ2v) is 5.79. The predicted molar refractivity (Wildman–Crippen MR) is 86.4 cm³/mol. The van der Waals surface area contributed by atoms with E-state index in [1.54, 1.807) is 0 Å². The highest BCUT2D eigenvalue weighted by Crippen LogP contribution is 2.33. The van der Waals surface area contributed by atoms with Gasteiger partial charge in [0.15, 0.2) is 0 Å². The van der Waals surface area contributed by atoms with Crippen LogP contribution in [-0.2, 0) is 0 Å². The monoisotopic (exact) mass is 277 g/mol. The Kier molecular flexibility index (Phi) is 3.20. The normalized spacial score (nSPS) is 16.4. The van der Waals surface area contributed by atoms with Crippen LogP contribution in [0.2, 0.25) is 0 Å². The Hall–Kier alpha value is -2.13. The molecule has 2 aromatic carbocycles. The molecule has 21 heavy (non-hydrogen) atoms. The van der Waals surface area contributed by atoms with Crippen molar-refractivity contribution in [1.29, 1.82) is 0 Å². The summed E-state index contributed by atoms with van der Waals surface area (Å²) in [5.74, 6) is 0.617. The number of fused-ring (bicyclic) bond motifs is 1. The molecule has 0 unspecified atom stereocenters. The van der Waals surface area contributed by atoms with Gasteiger partial charge in [-0.2, -0.15) is 5.10 Å². The maximum Gasteiger partial charge on any atom is 0.0685 e. The van der Waals surface area contributed by atoms with Gasteiger partial charge < -0.3 is 5.32 Å². The van der Waals surface area contributed by atoms with Crippen LogP contribution in [0, 0.1) is 0 Å². The maximum atomic E-state index is 4.31. The number of nitrogens with zero attached hydrogens (tertiary/aromatic N) is 1. The molecule has 1 aliphatic rings. The van der Waals surface area contributed by atoms with E-state index in [1.807, 2.05) is 6.20 Å². The van der Waals surface area contributed by atoms with Crippen LogP contribution in [0.1, 0.15) is 24.3 Å². The van der Waals surface area contributed by atoms with Gasteiger partial charge in [0.25, 0.3) is 0 Å². The van der Waals surface area contributed by atoms with E-state index in [2.05, 4.69) is 58.0 Å². The van der Waals surface area contributed by atoms with E-state index in [4.69, 9.17) is 0 Å². The zero-order chi connectivity index (χ0) is 14.1. The van der Waals surface area contributed by atoms with E-state index >= 15 is 0 Å². The SMILES string of the molecule is c1ccc2cc(-c3[nH]ncc3C3CCNCC3)ccc2c1. The Morgan fingerprint density at radius 2 is 1.76 bits per heavy atom. The molecule has 1 aromatic heterocycles. The van der Waals surface area contributed by atoms with Crippen LogP contribution in [-0.4, -0.2) is 23.3 Å². The Morgan fingerprint density at radius 1 is 0.952 bits per heavy atom. The van der Waals surface area contributed by atoms with Gasteiger partial charge in [-0.05, 0) is 48.7 Å². The Morgan fingerprint density at radius 3 is 2.62 bits per heavy atom. The second kappa shape index (κ2) is 5.34.